The van der Waals surface area contributed by atoms with Gasteiger partial charge in [-0.15, -0.1) is 0 Å². The van der Waals surface area contributed by atoms with Gasteiger partial charge in [-0.1, -0.05) is 97.1 Å². The zero-order valence-corrected chi connectivity index (χ0v) is 26.9. The molecule has 48 heavy (non-hydrogen) atoms. The number of carbonyl (C=O) groups is 2. The van der Waals surface area contributed by atoms with Crippen LogP contribution in [0.15, 0.2) is 146 Å². The van der Waals surface area contributed by atoms with Crippen LogP contribution in [-0.4, -0.2) is 25.0 Å². The molecule has 6 heteroatoms. The monoisotopic (exact) mass is 632 g/mol. The zero-order valence-electron chi connectivity index (χ0n) is 26.9. The highest BCUT2D eigenvalue weighted by molar-refractivity contribution is 5.94. The van der Waals surface area contributed by atoms with Gasteiger partial charge in [0.1, 0.15) is 11.5 Å². The largest absolute Gasteiger partial charge is 0.484 e. The Labute approximate surface area is 281 Å². The number of carbonyl (C=O) groups excluding carboxylic acids is 2. The molecule has 6 rings (SSSR count). The summed E-state index contributed by atoms with van der Waals surface area (Å²) in [6, 6.07) is 47.4. The van der Waals surface area contributed by atoms with Crippen molar-refractivity contribution >= 4 is 23.2 Å². The van der Waals surface area contributed by atoms with Crippen molar-refractivity contribution < 1.29 is 19.1 Å². The van der Waals surface area contributed by atoms with Crippen molar-refractivity contribution in [3.63, 3.8) is 0 Å². The lowest BCUT2D eigenvalue weighted by atomic mass is 10.00. The average Bonchev–Trinajstić information content (AvgIpc) is 3.13. The molecule has 0 aliphatic rings. The van der Waals surface area contributed by atoms with E-state index in [2.05, 4.69) is 34.9 Å². The minimum atomic E-state index is -0.234. The second-order valence-corrected chi connectivity index (χ2v) is 11.5. The van der Waals surface area contributed by atoms with Gasteiger partial charge in [-0.25, -0.2) is 0 Å². The summed E-state index contributed by atoms with van der Waals surface area (Å²) < 4.78 is 11.4. The molecule has 2 amide bonds. The highest BCUT2D eigenvalue weighted by Gasteiger charge is 2.11. The van der Waals surface area contributed by atoms with Crippen LogP contribution in [0.25, 0.3) is 33.4 Å². The van der Waals surface area contributed by atoms with Crippen molar-refractivity contribution in [2.24, 2.45) is 0 Å². The summed E-state index contributed by atoms with van der Waals surface area (Å²) in [5.74, 6) is 0.797. The third-order valence-corrected chi connectivity index (χ3v) is 8.00. The predicted molar refractivity (Wildman–Crippen MR) is 193 cm³/mol. The Bertz CT molecular complexity index is 1860. The summed E-state index contributed by atoms with van der Waals surface area (Å²) >= 11 is 0. The molecule has 0 atom stereocenters. The van der Waals surface area contributed by atoms with Crippen LogP contribution >= 0.6 is 0 Å². The number of rotatable bonds is 11. The number of hydrogen-bond donors (Lipinski definition) is 2. The van der Waals surface area contributed by atoms with Crippen molar-refractivity contribution in [1.82, 2.24) is 0 Å². The van der Waals surface area contributed by atoms with E-state index in [1.807, 2.05) is 135 Å². The van der Waals surface area contributed by atoms with Crippen LogP contribution < -0.4 is 20.1 Å². The van der Waals surface area contributed by atoms with Gasteiger partial charge in [0, 0.05) is 11.4 Å². The lowest BCUT2D eigenvalue weighted by Crippen LogP contribution is -2.20. The number of nitrogens with one attached hydrogen (secondary N) is 2. The molecule has 2 N–H and O–H groups in total. The number of ether oxygens (including phenoxy) is 2. The molecule has 0 unspecified atom stereocenters. The molecule has 6 nitrogen and oxygen atoms in total. The van der Waals surface area contributed by atoms with Crippen LogP contribution in [0.1, 0.15) is 11.1 Å². The maximum atomic E-state index is 12.7. The van der Waals surface area contributed by atoms with Crippen LogP contribution in [-0.2, 0) is 9.59 Å². The Morgan fingerprint density at radius 3 is 1.12 bits per heavy atom. The fourth-order valence-corrected chi connectivity index (χ4v) is 5.39. The lowest BCUT2D eigenvalue weighted by Gasteiger charge is -2.14. The Morgan fingerprint density at radius 1 is 0.438 bits per heavy atom. The molecular weight excluding hydrogens is 596 g/mol. The SMILES string of the molecule is Cc1cc(-c2ccc(NC(=O)COc3ccc(-c4ccccc4)cc3)c(C)c2)ccc1NC(=O)COc1ccc(-c2ccccc2)cc1. The number of amides is 2. The minimum Gasteiger partial charge on any atom is -0.484 e. The van der Waals surface area contributed by atoms with E-state index < -0.39 is 0 Å². The lowest BCUT2D eigenvalue weighted by molar-refractivity contribution is -0.118. The van der Waals surface area contributed by atoms with Crippen molar-refractivity contribution in [3.8, 4) is 44.9 Å². The van der Waals surface area contributed by atoms with E-state index in [0.717, 1.165) is 55.9 Å². The normalized spacial score (nSPS) is 10.6. The molecule has 6 aromatic carbocycles. The summed E-state index contributed by atoms with van der Waals surface area (Å²) in [6.45, 7) is 3.73. The van der Waals surface area contributed by atoms with Gasteiger partial charge in [-0.05, 0) is 107 Å². The van der Waals surface area contributed by atoms with Gasteiger partial charge in [0.05, 0.1) is 0 Å². The molecule has 0 spiro atoms. The molecule has 0 aromatic heterocycles. The zero-order chi connectivity index (χ0) is 33.3. The van der Waals surface area contributed by atoms with Gasteiger partial charge in [0.15, 0.2) is 13.2 Å². The maximum absolute atomic E-state index is 12.7. The topological polar surface area (TPSA) is 76.7 Å². The van der Waals surface area contributed by atoms with E-state index >= 15 is 0 Å². The van der Waals surface area contributed by atoms with Gasteiger partial charge in [-0.2, -0.15) is 0 Å². The molecule has 0 saturated heterocycles. The number of benzene rings is 6. The van der Waals surface area contributed by atoms with E-state index in [4.69, 9.17) is 9.47 Å². The maximum Gasteiger partial charge on any atom is 0.262 e. The van der Waals surface area contributed by atoms with Crippen LogP contribution in [0.2, 0.25) is 0 Å². The first-order valence-corrected chi connectivity index (χ1v) is 15.8. The Kier molecular flexibility index (Phi) is 9.92. The fraction of sp³-hybridized carbons (Fsp3) is 0.0952. The van der Waals surface area contributed by atoms with Crippen molar-refractivity contribution in [1.29, 1.82) is 0 Å². The van der Waals surface area contributed by atoms with Crippen molar-refractivity contribution in [2.45, 2.75) is 13.8 Å². The van der Waals surface area contributed by atoms with Crippen LogP contribution in [0.4, 0.5) is 11.4 Å². The molecule has 0 aliphatic carbocycles. The van der Waals surface area contributed by atoms with Crippen molar-refractivity contribution in [3.05, 3.63) is 157 Å². The first-order valence-electron chi connectivity index (χ1n) is 15.8. The van der Waals surface area contributed by atoms with Gasteiger partial charge >= 0.3 is 0 Å². The molecule has 0 heterocycles. The molecule has 6 aromatic rings. The molecular formula is C42H36N2O4. The summed E-state index contributed by atoms with van der Waals surface area (Å²) in [5, 5.41) is 5.90. The standard InChI is InChI=1S/C42H36N2O4/c1-29-25-35(17-23-39(29)43-41(45)27-47-37-19-13-33(14-20-37)31-9-5-3-6-10-31)36-18-24-40(30(2)26-36)44-42(46)28-48-38-21-15-34(16-22-38)32-11-7-4-8-12-32/h3-26H,27-28H2,1-2H3,(H,43,45)(H,44,46). The highest BCUT2D eigenvalue weighted by Crippen LogP contribution is 2.29. The van der Waals surface area contributed by atoms with E-state index in [9.17, 15) is 9.59 Å². The van der Waals surface area contributed by atoms with Crippen LogP contribution in [0.3, 0.4) is 0 Å². The molecule has 0 fully saturated rings. The molecule has 0 bridgehead atoms. The summed E-state index contributed by atoms with van der Waals surface area (Å²) in [4.78, 5) is 25.3. The smallest absolute Gasteiger partial charge is 0.262 e. The number of anilines is 2. The molecule has 238 valence electrons. The second kappa shape index (κ2) is 15.0. The van der Waals surface area contributed by atoms with E-state index in [1.165, 1.54) is 0 Å². The Hall–Kier alpha value is -6.14. The predicted octanol–water partition coefficient (Wildman–Crippen LogP) is 9.34. The summed E-state index contributed by atoms with van der Waals surface area (Å²) in [7, 11) is 0. The van der Waals surface area contributed by atoms with Crippen LogP contribution in [0, 0.1) is 13.8 Å². The van der Waals surface area contributed by atoms with Crippen molar-refractivity contribution in [2.75, 3.05) is 23.8 Å². The first kappa shape index (κ1) is 31.8. The second-order valence-electron chi connectivity index (χ2n) is 11.5. The quantitative estimate of drug-likeness (QED) is 0.149. The highest BCUT2D eigenvalue weighted by atomic mass is 16.5. The molecule has 0 radical (unpaired) electrons. The Morgan fingerprint density at radius 2 is 0.771 bits per heavy atom. The van der Waals surface area contributed by atoms with Gasteiger partial charge < -0.3 is 20.1 Å². The molecule has 0 saturated carbocycles. The van der Waals surface area contributed by atoms with Gasteiger partial charge in [0.2, 0.25) is 0 Å². The summed E-state index contributed by atoms with van der Waals surface area (Å²) in [5.41, 5.74) is 9.74. The third kappa shape index (κ3) is 8.17. The minimum absolute atomic E-state index is 0.0934. The van der Waals surface area contributed by atoms with E-state index in [1.54, 1.807) is 0 Å². The number of aryl methyl sites for hydroxylation is 2. The molecule has 0 aliphatic heterocycles. The van der Waals surface area contributed by atoms with Gasteiger partial charge in [-0.3, -0.25) is 9.59 Å². The third-order valence-electron chi connectivity index (χ3n) is 8.00. The fourth-order valence-electron chi connectivity index (χ4n) is 5.39. The average molecular weight is 633 g/mol. The van der Waals surface area contributed by atoms with Gasteiger partial charge in [0.25, 0.3) is 11.8 Å². The number of hydrogen-bond acceptors (Lipinski definition) is 4. The Balaban J connectivity index is 0.992. The van der Waals surface area contributed by atoms with Crippen LogP contribution in [0.5, 0.6) is 11.5 Å². The van der Waals surface area contributed by atoms with E-state index in [-0.39, 0.29) is 25.0 Å². The first-order chi connectivity index (χ1) is 23.4. The van der Waals surface area contributed by atoms with E-state index in [0.29, 0.717) is 11.5 Å². The summed E-state index contributed by atoms with van der Waals surface area (Å²) in [6.07, 6.45) is 0.